The van der Waals surface area contributed by atoms with Crippen molar-refractivity contribution in [3.05, 3.63) is 0 Å². The van der Waals surface area contributed by atoms with Crippen LogP contribution in [0.3, 0.4) is 0 Å². The second-order valence-electron chi connectivity index (χ2n) is 4.43. The largest absolute Gasteiger partial charge is 0.480 e. The fourth-order valence-electron chi connectivity index (χ4n) is 1.36. The Labute approximate surface area is 96.6 Å². The predicted molar refractivity (Wildman–Crippen MR) is 61.9 cm³/mol. The Kier molecular flexibility index (Phi) is 6.72. The van der Waals surface area contributed by atoms with Crippen molar-refractivity contribution in [1.29, 1.82) is 0 Å². The second kappa shape index (κ2) is 7.22. The lowest BCUT2D eigenvalue weighted by atomic mass is 10.1. The smallest absolute Gasteiger partial charge is 0.323 e. The number of amides is 1. The van der Waals surface area contributed by atoms with Crippen LogP contribution in [-0.2, 0) is 9.59 Å². The summed E-state index contributed by atoms with van der Waals surface area (Å²) < 4.78 is 0. The number of carbonyl (C=O) groups excluding carboxylic acids is 1. The molecule has 0 spiro atoms. The van der Waals surface area contributed by atoms with Gasteiger partial charge in [-0.1, -0.05) is 20.8 Å². The van der Waals surface area contributed by atoms with E-state index in [0.29, 0.717) is 13.0 Å². The van der Waals surface area contributed by atoms with E-state index in [-0.39, 0.29) is 30.8 Å². The Bertz CT molecular complexity index is 241. The summed E-state index contributed by atoms with van der Waals surface area (Å²) in [5.41, 5.74) is 5.68. The zero-order chi connectivity index (χ0) is 12.7. The first-order chi connectivity index (χ1) is 7.36. The number of aliphatic carboxylic acids is 1. The fourth-order valence-corrected chi connectivity index (χ4v) is 1.36. The number of rotatable bonds is 7. The van der Waals surface area contributed by atoms with Gasteiger partial charge in [0.2, 0.25) is 5.91 Å². The van der Waals surface area contributed by atoms with Gasteiger partial charge in [-0.2, -0.15) is 0 Å². The third kappa shape index (κ3) is 6.40. The van der Waals surface area contributed by atoms with Gasteiger partial charge < -0.3 is 15.7 Å². The predicted octanol–water partition coefficient (Wildman–Crippen LogP) is 0.683. The van der Waals surface area contributed by atoms with Crippen LogP contribution >= 0.6 is 0 Å². The molecule has 5 nitrogen and oxygen atoms in total. The quantitative estimate of drug-likeness (QED) is 0.673. The van der Waals surface area contributed by atoms with Crippen LogP contribution < -0.4 is 5.73 Å². The summed E-state index contributed by atoms with van der Waals surface area (Å²) in [5, 5.41) is 8.71. The van der Waals surface area contributed by atoms with Gasteiger partial charge >= 0.3 is 5.97 Å². The lowest BCUT2D eigenvalue weighted by molar-refractivity contribution is -0.145. The fraction of sp³-hybridized carbons (Fsp3) is 0.818. The first-order valence-corrected chi connectivity index (χ1v) is 5.61. The van der Waals surface area contributed by atoms with Crippen LogP contribution in [0.5, 0.6) is 0 Å². The third-order valence-electron chi connectivity index (χ3n) is 2.23. The molecular weight excluding hydrogens is 208 g/mol. The molecule has 94 valence electrons. The third-order valence-corrected chi connectivity index (χ3v) is 2.23. The summed E-state index contributed by atoms with van der Waals surface area (Å²) in [6.45, 7) is 6.01. The highest BCUT2D eigenvalue weighted by atomic mass is 16.4. The van der Waals surface area contributed by atoms with Crippen molar-refractivity contribution in [2.45, 2.75) is 39.7 Å². The Morgan fingerprint density at radius 3 is 2.31 bits per heavy atom. The van der Waals surface area contributed by atoms with E-state index in [1.165, 1.54) is 4.90 Å². The lowest BCUT2D eigenvalue weighted by Crippen LogP contribution is -2.40. The molecular formula is C11H22N2O3. The second-order valence-corrected chi connectivity index (χ2v) is 4.43. The van der Waals surface area contributed by atoms with Gasteiger partial charge in [-0.15, -0.1) is 0 Å². The summed E-state index contributed by atoms with van der Waals surface area (Å²) in [4.78, 5) is 23.8. The number of carbonyl (C=O) groups is 2. The summed E-state index contributed by atoms with van der Waals surface area (Å²) in [6, 6.07) is -0.184. The molecule has 1 amide bonds. The minimum Gasteiger partial charge on any atom is -0.480 e. The highest BCUT2D eigenvalue weighted by molar-refractivity contribution is 5.81. The van der Waals surface area contributed by atoms with Crippen LogP contribution in [0.2, 0.25) is 0 Å². The van der Waals surface area contributed by atoms with Crippen LogP contribution in [-0.4, -0.2) is 41.0 Å². The van der Waals surface area contributed by atoms with E-state index < -0.39 is 5.97 Å². The molecule has 0 bridgehead atoms. The molecule has 0 aliphatic carbocycles. The van der Waals surface area contributed by atoms with E-state index in [4.69, 9.17) is 10.8 Å². The number of nitrogens with zero attached hydrogens (tertiary/aromatic N) is 1. The topological polar surface area (TPSA) is 83.6 Å². The highest BCUT2D eigenvalue weighted by Gasteiger charge is 2.19. The normalized spacial score (nSPS) is 12.6. The average molecular weight is 230 g/mol. The summed E-state index contributed by atoms with van der Waals surface area (Å²) >= 11 is 0. The number of carboxylic acid groups (broad SMARTS) is 1. The van der Waals surface area contributed by atoms with Crippen LogP contribution in [0, 0.1) is 5.92 Å². The van der Waals surface area contributed by atoms with Crippen molar-refractivity contribution < 1.29 is 14.7 Å². The minimum absolute atomic E-state index is 0.176. The summed E-state index contributed by atoms with van der Waals surface area (Å²) in [7, 11) is 0. The molecule has 5 heteroatoms. The molecule has 0 radical (unpaired) electrons. The molecule has 0 saturated heterocycles. The Hall–Kier alpha value is -1.10. The van der Waals surface area contributed by atoms with Crippen molar-refractivity contribution in [3.63, 3.8) is 0 Å². The first-order valence-electron chi connectivity index (χ1n) is 5.61. The van der Waals surface area contributed by atoms with Gasteiger partial charge in [0, 0.05) is 19.0 Å². The van der Waals surface area contributed by atoms with E-state index in [1.807, 2.05) is 20.8 Å². The summed E-state index contributed by atoms with van der Waals surface area (Å²) in [5.74, 6) is -0.911. The average Bonchev–Trinajstić information content (AvgIpc) is 2.15. The van der Waals surface area contributed by atoms with E-state index >= 15 is 0 Å². The zero-order valence-corrected chi connectivity index (χ0v) is 10.3. The van der Waals surface area contributed by atoms with Crippen LogP contribution in [0.1, 0.15) is 33.6 Å². The summed E-state index contributed by atoms with van der Waals surface area (Å²) in [6.07, 6.45) is 0.935. The van der Waals surface area contributed by atoms with E-state index in [2.05, 4.69) is 0 Å². The van der Waals surface area contributed by atoms with Crippen molar-refractivity contribution in [2.24, 2.45) is 11.7 Å². The molecule has 0 aromatic heterocycles. The van der Waals surface area contributed by atoms with Crippen molar-refractivity contribution >= 4 is 11.9 Å². The molecule has 16 heavy (non-hydrogen) atoms. The van der Waals surface area contributed by atoms with Crippen molar-refractivity contribution in [3.8, 4) is 0 Å². The molecule has 0 aromatic carbocycles. The van der Waals surface area contributed by atoms with E-state index in [9.17, 15) is 9.59 Å². The van der Waals surface area contributed by atoms with E-state index in [0.717, 1.165) is 0 Å². The molecule has 0 aromatic rings. The minimum atomic E-state index is -0.987. The molecule has 1 unspecified atom stereocenters. The Balaban J connectivity index is 4.37. The molecule has 1 atom stereocenters. The van der Waals surface area contributed by atoms with Crippen molar-refractivity contribution in [1.82, 2.24) is 4.90 Å². The first kappa shape index (κ1) is 14.9. The number of carboxylic acids is 1. The van der Waals surface area contributed by atoms with Gasteiger partial charge in [0.25, 0.3) is 0 Å². The Morgan fingerprint density at radius 1 is 1.38 bits per heavy atom. The van der Waals surface area contributed by atoms with E-state index in [1.54, 1.807) is 0 Å². The maximum Gasteiger partial charge on any atom is 0.323 e. The standard InChI is InChI=1S/C11H22N2O3/c1-4-9(12)5-10(14)13(6-8(2)3)7-11(15)16/h8-9H,4-7,12H2,1-3H3,(H,15,16). The zero-order valence-electron chi connectivity index (χ0n) is 10.3. The maximum atomic E-state index is 11.8. The van der Waals surface area contributed by atoms with Gasteiger partial charge in [-0.25, -0.2) is 0 Å². The SMILES string of the molecule is CCC(N)CC(=O)N(CC(=O)O)CC(C)C. The van der Waals surface area contributed by atoms with Gasteiger partial charge in [-0.05, 0) is 12.3 Å². The molecule has 0 rings (SSSR count). The molecule has 0 aliphatic heterocycles. The molecule has 0 aliphatic rings. The van der Waals surface area contributed by atoms with Gasteiger partial charge in [0.15, 0.2) is 0 Å². The molecule has 0 fully saturated rings. The maximum absolute atomic E-state index is 11.8. The van der Waals surface area contributed by atoms with Crippen LogP contribution in [0.4, 0.5) is 0 Å². The van der Waals surface area contributed by atoms with Gasteiger partial charge in [0.05, 0.1) is 0 Å². The Morgan fingerprint density at radius 2 is 1.94 bits per heavy atom. The molecule has 0 heterocycles. The highest BCUT2D eigenvalue weighted by Crippen LogP contribution is 2.04. The molecule has 3 N–H and O–H groups in total. The van der Waals surface area contributed by atoms with Crippen molar-refractivity contribution in [2.75, 3.05) is 13.1 Å². The van der Waals surface area contributed by atoms with Crippen LogP contribution in [0.15, 0.2) is 0 Å². The lowest BCUT2D eigenvalue weighted by Gasteiger charge is -2.24. The molecule has 0 saturated carbocycles. The van der Waals surface area contributed by atoms with Gasteiger partial charge in [0.1, 0.15) is 6.54 Å². The van der Waals surface area contributed by atoms with Gasteiger partial charge in [-0.3, -0.25) is 9.59 Å². The number of hydrogen-bond donors (Lipinski definition) is 2. The number of hydrogen-bond acceptors (Lipinski definition) is 3. The monoisotopic (exact) mass is 230 g/mol. The van der Waals surface area contributed by atoms with Crippen LogP contribution in [0.25, 0.3) is 0 Å². The number of nitrogens with two attached hydrogens (primary N) is 1.